The van der Waals surface area contributed by atoms with E-state index >= 15 is 0 Å². The number of nitrogens with zero attached hydrogens (tertiary/aromatic N) is 1. The molecule has 0 fully saturated rings. The molecule has 0 radical (unpaired) electrons. The Morgan fingerprint density at radius 3 is 2.29 bits per heavy atom. The number of aromatic nitrogens is 1. The molecule has 4 nitrogen and oxygen atoms in total. The highest BCUT2D eigenvalue weighted by Gasteiger charge is 2.20. The number of ether oxygens (including phenoxy) is 1. The van der Waals surface area contributed by atoms with E-state index in [0.29, 0.717) is 23.5 Å². The van der Waals surface area contributed by atoms with E-state index in [2.05, 4.69) is 45.9 Å². The summed E-state index contributed by atoms with van der Waals surface area (Å²) in [6.45, 7) is 14.7. The van der Waals surface area contributed by atoms with Crippen LogP contribution in [0.3, 0.4) is 0 Å². The Bertz CT molecular complexity index is 1290. The molecule has 4 heteroatoms. The molecule has 0 amide bonds. The molecule has 1 aliphatic heterocycles. The van der Waals surface area contributed by atoms with Gasteiger partial charge in [-0.1, -0.05) is 28.9 Å². The van der Waals surface area contributed by atoms with Crippen LogP contribution in [0.5, 0.6) is 5.75 Å². The molecule has 0 saturated carbocycles. The molecule has 0 N–H and O–H groups in total. The molecule has 1 heterocycles. The largest absolute Gasteiger partial charge is 0.489 e. The molecule has 2 aliphatic rings. The third-order valence-corrected chi connectivity index (χ3v) is 6.33. The van der Waals surface area contributed by atoms with Crippen LogP contribution in [-0.4, -0.2) is 11.6 Å². The number of hydrogen-bond donors (Lipinski definition) is 0. The molecule has 180 valence electrons. The van der Waals surface area contributed by atoms with E-state index in [9.17, 15) is 4.79 Å². The van der Waals surface area contributed by atoms with Crippen molar-refractivity contribution in [1.82, 2.24) is 4.98 Å². The zero-order valence-corrected chi connectivity index (χ0v) is 21.7. The maximum absolute atomic E-state index is 12.5. The Kier molecular flexibility index (Phi) is 8.49. The fourth-order valence-electron chi connectivity index (χ4n) is 3.95. The van der Waals surface area contributed by atoms with Crippen LogP contribution in [0.1, 0.15) is 70.1 Å². The van der Waals surface area contributed by atoms with Crippen molar-refractivity contribution in [2.45, 2.75) is 74.1 Å². The lowest BCUT2D eigenvalue weighted by atomic mass is 9.99. The van der Waals surface area contributed by atoms with Gasteiger partial charge in [-0.25, -0.2) is 4.98 Å². The fraction of sp³-hybridized carbons (Fsp3) is 0.400. The number of hydrogen-bond acceptors (Lipinski definition) is 4. The standard InChI is InChI=1S/C30H37NO3/c1-19(2)10-8-11-20(3)12-9-13-21(4)16-17-33-25-14-15-26-27(18-25)34-30-24(7)29(32)23(6)22(5)28(30)31-26/h10,12,14-16,18H,8-9,11,13,17H2,1-7H3/b20-12+,21-16+. The van der Waals surface area contributed by atoms with Crippen LogP contribution in [0.15, 0.2) is 62.4 Å². The minimum Gasteiger partial charge on any atom is -0.489 e. The number of fused-ring (bicyclic) bond motifs is 2. The highest BCUT2D eigenvalue weighted by molar-refractivity contribution is 5.79. The second-order valence-corrected chi connectivity index (χ2v) is 9.50. The zero-order valence-electron chi connectivity index (χ0n) is 21.7. The molecule has 0 unspecified atom stereocenters. The fourth-order valence-corrected chi connectivity index (χ4v) is 3.95. The summed E-state index contributed by atoms with van der Waals surface area (Å²) >= 11 is 0. The topological polar surface area (TPSA) is 52.3 Å². The molecule has 34 heavy (non-hydrogen) atoms. The predicted octanol–water partition coefficient (Wildman–Crippen LogP) is 8.02. The van der Waals surface area contributed by atoms with E-state index in [4.69, 9.17) is 14.1 Å². The van der Waals surface area contributed by atoms with Crippen molar-refractivity contribution >= 4 is 11.1 Å². The van der Waals surface area contributed by atoms with Crippen LogP contribution in [0.2, 0.25) is 0 Å². The molecule has 0 aromatic heterocycles. The first kappa shape index (κ1) is 25.5. The minimum atomic E-state index is 0.0147. The predicted molar refractivity (Wildman–Crippen MR) is 142 cm³/mol. The molecule has 3 rings (SSSR count). The van der Waals surface area contributed by atoms with Crippen LogP contribution in [0, 0.1) is 20.8 Å². The van der Waals surface area contributed by atoms with Crippen LogP contribution < -0.4 is 10.2 Å². The second kappa shape index (κ2) is 11.3. The van der Waals surface area contributed by atoms with E-state index in [-0.39, 0.29) is 5.43 Å². The van der Waals surface area contributed by atoms with Gasteiger partial charge in [0.25, 0.3) is 0 Å². The summed E-state index contributed by atoms with van der Waals surface area (Å²) in [6, 6.07) is 5.67. The summed E-state index contributed by atoms with van der Waals surface area (Å²) in [6.07, 6.45) is 11.1. The van der Waals surface area contributed by atoms with Crippen LogP contribution in [-0.2, 0) is 0 Å². The lowest BCUT2D eigenvalue weighted by Crippen LogP contribution is -2.14. The van der Waals surface area contributed by atoms with Crippen molar-refractivity contribution in [2.24, 2.45) is 0 Å². The second-order valence-electron chi connectivity index (χ2n) is 9.50. The van der Waals surface area contributed by atoms with Gasteiger partial charge in [0.1, 0.15) is 23.6 Å². The molecule has 0 spiro atoms. The monoisotopic (exact) mass is 459 g/mol. The van der Waals surface area contributed by atoms with Gasteiger partial charge >= 0.3 is 0 Å². The molecule has 1 aromatic carbocycles. The van der Waals surface area contributed by atoms with E-state index in [1.54, 1.807) is 6.92 Å². The highest BCUT2D eigenvalue weighted by atomic mass is 16.5. The van der Waals surface area contributed by atoms with Crippen LogP contribution in [0.25, 0.3) is 22.6 Å². The van der Waals surface area contributed by atoms with Crippen LogP contribution >= 0.6 is 0 Å². The Morgan fingerprint density at radius 1 is 0.912 bits per heavy atom. The SMILES string of the molecule is CC(C)=CCC/C(C)=C/CC/C(C)=C/COc1ccc2nc3c(C)c(C)c(=O)c(C)c-3oc2c1. The summed E-state index contributed by atoms with van der Waals surface area (Å²) in [7, 11) is 0. The summed E-state index contributed by atoms with van der Waals surface area (Å²) in [5.41, 5.74) is 8.47. The molecular formula is C30H37NO3. The van der Waals surface area contributed by atoms with Gasteiger partial charge < -0.3 is 9.15 Å². The maximum atomic E-state index is 12.5. The highest BCUT2D eigenvalue weighted by Crippen LogP contribution is 2.31. The molecule has 1 aliphatic carbocycles. The summed E-state index contributed by atoms with van der Waals surface area (Å²) in [4.78, 5) is 17.2. The van der Waals surface area contributed by atoms with Crippen molar-refractivity contribution in [3.05, 3.63) is 80.1 Å². The minimum absolute atomic E-state index is 0.0147. The lowest BCUT2D eigenvalue weighted by molar-refractivity contribution is 0.361. The van der Waals surface area contributed by atoms with Gasteiger partial charge in [-0.3, -0.25) is 4.79 Å². The van der Waals surface area contributed by atoms with Crippen molar-refractivity contribution in [3.63, 3.8) is 0 Å². The first-order chi connectivity index (χ1) is 16.2. The van der Waals surface area contributed by atoms with Gasteiger partial charge in [-0.05, 0) is 97.9 Å². The van der Waals surface area contributed by atoms with E-state index in [1.807, 2.05) is 32.0 Å². The molecule has 1 aromatic rings. The summed E-state index contributed by atoms with van der Waals surface area (Å²) < 4.78 is 12.1. The van der Waals surface area contributed by atoms with Crippen molar-refractivity contribution in [1.29, 1.82) is 0 Å². The van der Waals surface area contributed by atoms with Crippen molar-refractivity contribution in [2.75, 3.05) is 6.61 Å². The smallest absolute Gasteiger partial charge is 0.188 e. The van der Waals surface area contributed by atoms with Gasteiger partial charge in [-0.15, -0.1) is 0 Å². The number of benzene rings is 2. The summed E-state index contributed by atoms with van der Waals surface area (Å²) in [5.74, 6) is 1.28. The maximum Gasteiger partial charge on any atom is 0.188 e. The van der Waals surface area contributed by atoms with Crippen LogP contribution in [0.4, 0.5) is 0 Å². The number of rotatable bonds is 9. The molecule has 0 atom stereocenters. The normalized spacial score (nSPS) is 12.4. The zero-order chi connectivity index (χ0) is 24.8. The number of allylic oxidation sites excluding steroid dienone is 5. The molecule has 0 saturated heterocycles. The van der Waals surface area contributed by atoms with Gasteiger partial charge in [0.05, 0.1) is 0 Å². The average molecular weight is 460 g/mol. The first-order valence-electron chi connectivity index (χ1n) is 12.1. The van der Waals surface area contributed by atoms with E-state index < -0.39 is 0 Å². The Hall–Kier alpha value is -3.14. The van der Waals surface area contributed by atoms with Gasteiger partial charge in [0.2, 0.25) is 0 Å². The van der Waals surface area contributed by atoms with Gasteiger partial charge in [0, 0.05) is 17.2 Å². The quantitative estimate of drug-likeness (QED) is 0.240. The average Bonchev–Trinajstić information content (AvgIpc) is 2.80. The van der Waals surface area contributed by atoms with Gasteiger partial charge in [0.15, 0.2) is 16.8 Å². The lowest BCUT2D eigenvalue weighted by Gasteiger charge is -2.14. The third kappa shape index (κ3) is 6.25. The Morgan fingerprint density at radius 2 is 1.59 bits per heavy atom. The first-order valence-corrected chi connectivity index (χ1v) is 12.1. The third-order valence-electron chi connectivity index (χ3n) is 6.33. The summed E-state index contributed by atoms with van der Waals surface area (Å²) in [5, 5.41) is 0. The van der Waals surface area contributed by atoms with Crippen molar-refractivity contribution in [3.8, 4) is 17.2 Å². The molecular weight excluding hydrogens is 422 g/mol. The Balaban J connectivity index is 1.64. The van der Waals surface area contributed by atoms with E-state index in [0.717, 1.165) is 53.8 Å². The van der Waals surface area contributed by atoms with Gasteiger partial charge in [-0.2, -0.15) is 0 Å². The molecule has 0 bridgehead atoms. The Labute approximate surface area is 203 Å². The van der Waals surface area contributed by atoms with Crippen molar-refractivity contribution < 1.29 is 9.15 Å². The van der Waals surface area contributed by atoms with E-state index in [1.165, 1.54) is 16.7 Å².